The van der Waals surface area contributed by atoms with E-state index in [4.69, 9.17) is 4.42 Å². The Morgan fingerprint density at radius 1 is 0.233 bits per heavy atom. The molecule has 0 spiro atoms. The van der Waals surface area contributed by atoms with Crippen LogP contribution in [0.1, 0.15) is 0 Å². The second kappa shape index (κ2) is 20.2. The lowest BCUT2D eigenvalue weighted by Crippen LogP contribution is -2.10. The Hall–Kier alpha value is -11.5. The van der Waals surface area contributed by atoms with Crippen molar-refractivity contribution in [2.45, 2.75) is 0 Å². The largest absolute Gasteiger partial charge is 0.454 e. The number of nitrogens with zero attached hydrogens (tertiary/aromatic N) is 3. The molecule has 0 radical (unpaired) electrons. The number of anilines is 6. The van der Waals surface area contributed by atoms with Gasteiger partial charge in [-0.3, -0.25) is 0 Å². The maximum absolute atomic E-state index is 6.66. The molecule has 4 nitrogen and oxygen atoms in total. The number of fused-ring (bicyclic) bond motifs is 13. The minimum atomic E-state index is 0.857. The van der Waals surface area contributed by atoms with E-state index in [2.05, 4.69) is 324 Å². The fraction of sp³-hybridized carbons (Fsp3) is 0. The highest BCUT2D eigenvalue weighted by atomic mass is 16.3. The quantitative estimate of drug-likeness (QED) is 0.128. The van der Waals surface area contributed by atoms with E-state index in [1.165, 1.54) is 65.3 Å². The second-order valence-corrected chi connectivity index (χ2v) is 22.4. The second-order valence-electron chi connectivity index (χ2n) is 22.4. The average Bonchev–Trinajstić information content (AvgIpc) is 1.84. The summed E-state index contributed by atoms with van der Waals surface area (Å²) in [5, 5.41) is 14.4. The van der Waals surface area contributed by atoms with Crippen molar-refractivity contribution in [3.63, 3.8) is 0 Å². The van der Waals surface area contributed by atoms with Crippen molar-refractivity contribution in [1.82, 2.24) is 4.57 Å². The monoisotopic (exact) mass is 1100 g/mol. The van der Waals surface area contributed by atoms with E-state index < -0.39 is 0 Å². The minimum absolute atomic E-state index is 0.857. The molecule has 0 unspecified atom stereocenters. The summed E-state index contributed by atoms with van der Waals surface area (Å²) in [5.41, 5.74) is 18.4. The van der Waals surface area contributed by atoms with Gasteiger partial charge in [-0.2, -0.15) is 0 Å². The molecule has 402 valence electrons. The fourth-order valence-corrected chi connectivity index (χ4v) is 13.6. The molecular weight excluding hydrogens is 1040 g/mol. The first kappa shape index (κ1) is 49.2. The molecule has 0 fully saturated rings. The maximum atomic E-state index is 6.66. The summed E-state index contributed by atoms with van der Waals surface area (Å²) in [7, 11) is 0. The van der Waals surface area contributed by atoms with E-state index in [9.17, 15) is 0 Å². The van der Waals surface area contributed by atoms with Crippen LogP contribution in [0.4, 0.5) is 34.1 Å². The van der Waals surface area contributed by atoms with Crippen LogP contribution >= 0.6 is 0 Å². The summed E-state index contributed by atoms with van der Waals surface area (Å²) in [6.07, 6.45) is 0. The van der Waals surface area contributed by atoms with Crippen LogP contribution in [0.3, 0.4) is 0 Å². The molecule has 15 aromatic carbocycles. The van der Waals surface area contributed by atoms with Gasteiger partial charge in [-0.15, -0.1) is 0 Å². The molecule has 0 saturated carbocycles. The molecule has 17 aromatic rings. The first-order chi connectivity index (χ1) is 42.7. The summed E-state index contributed by atoms with van der Waals surface area (Å²) in [5.74, 6) is 0. The fourth-order valence-electron chi connectivity index (χ4n) is 13.6. The van der Waals surface area contributed by atoms with Crippen molar-refractivity contribution in [3.05, 3.63) is 322 Å². The summed E-state index contributed by atoms with van der Waals surface area (Å²) in [6.45, 7) is 0. The molecule has 17 rings (SSSR count). The summed E-state index contributed by atoms with van der Waals surface area (Å²) in [4.78, 5) is 4.76. The number of hydrogen-bond donors (Lipinski definition) is 0. The molecule has 0 aliphatic heterocycles. The zero-order valence-corrected chi connectivity index (χ0v) is 46.8. The van der Waals surface area contributed by atoms with Crippen molar-refractivity contribution in [1.29, 1.82) is 0 Å². The Bertz CT molecular complexity index is 5420. The lowest BCUT2D eigenvalue weighted by Gasteiger charge is -2.28. The lowest BCUT2D eigenvalue weighted by molar-refractivity contribution is 0.669. The lowest BCUT2D eigenvalue weighted by atomic mass is 9.94. The van der Waals surface area contributed by atoms with E-state index in [-0.39, 0.29) is 0 Å². The molecule has 4 heteroatoms. The molecule has 0 N–H and O–H groups in total. The Labute approximate surface area is 497 Å². The Balaban J connectivity index is 0.866. The van der Waals surface area contributed by atoms with Gasteiger partial charge in [-0.25, -0.2) is 0 Å². The van der Waals surface area contributed by atoms with E-state index in [0.717, 1.165) is 94.7 Å². The van der Waals surface area contributed by atoms with Gasteiger partial charge in [-0.1, -0.05) is 224 Å². The van der Waals surface area contributed by atoms with E-state index in [1.807, 2.05) is 12.1 Å². The van der Waals surface area contributed by atoms with Gasteiger partial charge in [0, 0.05) is 55.4 Å². The molecule has 0 amide bonds. The van der Waals surface area contributed by atoms with Crippen LogP contribution in [0, 0.1) is 0 Å². The van der Waals surface area contributed by atoms with Gasteiger partial charge < -0.3 is 18.8 Å². The molecule has 2 aromatic heterocycles. The summed E-state index contributed by atoms with van der Waals surface area (Å²) >= 11 is 0. The predicted molar refractivity (Wildman–Crippen MR) is 364 cm³/mol. The Kier molecular flexibility index (Phi) is 11.5. The van der Waals surface area contributed by atoms with Crippen LogP contribution in [0.25, 0.3) is 126 Å². The topological polar surface area (TPSA) is 24.6 Å². The van der Waals surface area contributed by atoms with Crippen LogP contribution in [0.15, 0.2) is 326 Å². The normalized spacial score (nSPS) is 11.7. The molecule has 0 aliphatic rings. The smallest absolute Gasteiger partial charge is 0.159 e. The zero-order valence-electron chi connectivity index (χ0n) is 46.8. The van der Waals surface area contributed by atoms with Gasteiger partial charge in [0.15, 0.2) is 5.58 Å². The van der Waals surface area contributed by atoms with E-state index >= 15 is 0 Å². The Morgan fingerprint density at radius 3 is 1.37 bits per heavy atom. The van der Waals surface area contributed by atoms with Crippen molar-refractivity contribution < 1.29 is 4.42 Å². The number of rotatable bonds is 10. The molecule has 0 saturated heterocycles. The van der Waals surface area contributed by atoms with Gasteiger partial charge in [0.05, 0.1) is 22.4 Å². The van der Waals surface area contributed by atoms with Crippen LogP contribution in [-0.4, -0.2) is 4.57 Å². The molecule has 86 heavy (non-hydrogen) atoms. The van der Waals surface area contributed by atoms with Gasteiger partial charge in [0.25, 0.3) is 0 Å². The van der Waals surface area contributed by atoms with Crippen molar-refractivity contribution in [2.24, 2.45) is 0 Å². The van der Waals surface area contributed by atoms with E-state index in [0.29, 0.717) is 0 Å². The van der Waals surface area contributed by atoms with Gasteiger partial charge >= 0.3 is 0 Å². The minimum Gasteiger partial charge on any atom is -0.454 e. The van der Waals surface area contributed by atoms with Crippen LogP contribution in [0.2, 0.25) is 0 Å². The zero-order chi connectivity index (χ0) is 56.7. The standard InChI is InChI=1S/C82H53N3O/c1-4-19-54(20-5-1)55-35-40-61(41-36-55)84(77-50-47-64(57-21-6-2-7-22-57)65-25-14-15-30-71(65)77)62-45-49-79-76(53-62)75-51-58(39-48-78(75)85(79)63-44-46-70-68-28-11-10-26-66(68)67-27-12-13-29-69(67)74(70)52-63)56-37-42-60(43-38-56)83(59-23-8-3-9-24-59)80-33-18-32-73-72-31-16-17-34-81(72)86-82(73)80/h1-53H. The molecular formula is C82H53N3O. The van der Waals surface area contributed by atoms with Gasteiger partial charge in [0.2, 0.25) is 0 Å². The third-order valence-electron chi connectivity index (χ3n) is 17.5. The molecule has 2 heterocycles. The number of aromatic nitrogens is 1. The highest BCUT2D eigenvalue weighted by molar-refractivity contribution is 6.26. The predicted octanol–water partition coefficient (Wildman–Crippen LogP) is 23.2. The van der Waals surface area contributed by atoms with Crippen LogP contribution in [0.5, 0.6) is 0 Å². The summed E-state index contributed by atoms with van der Waals surface area (Å²) < 4.78 is 9.13. The summed E-state index contributed by atoms with van der Waals surface area (Å²) in [6, 6.07) is 117. The first-order valence-electron chi connectivity index (χ1n) is 29.5. The highest BCUT2D eigenvalue weighted by Crippen LogP contribution is 2.47. The number of benzene rings is 15. The maximum Gasteiger partial charge on any atom is 0.159 e. The number of furan rings is 1. The van der Waals surface area contributed by atoms with E-state index in [1.54, 1.807) is 0 Å². The van der Waals surface area contributed by atoms with Crippen molar-refractivity contribution in [2.75, 3.05) is 9.80 Å². The highest BCUT2D eigenvalue weighted by Gasteiger charge is 2.23. The molecule has 0 aliphatic carbocycles. The number of para-hydroxylation sites is 3. The van der Waals surface area contributed by atoms with Crippen molar-refractivity contribution in [3.8, 4) is 39.1 Å². The Morgan fingerprint density at radius 2 is 0.698 bits per heavy atom. The average molecular weight is 1100 g/mol. The first-order valence-corrected chi connectivity index (χ1v) is 29.5. The van der Waals surface area contributed by atoms with Gasteiger partial charge in [0.1, 0.15) is 5.58 Å². The molecule has 0 atom stereocenters. The number of hydrogen-bond acceptors (Lipinski definition) is 3. The van der Waals surface area contributed by atoms with Crippen molar-refractivity contribution >= 4 is 121 Å². The van der Waals surface area contributed by atoms with Crippen LogP contribution in [-0.2, 0) is 0 Å². The molecule has 0 bridgehead atoms. The third kappa shape index (κ3) is 8.07. The van der Waals surface area contributed by atoms with Crippen LogP contribution < -0.4 is 9.80 Å². The van der Waals surface area contributed by atoms with Gasteiger partial charge in [-0.05, 0) is 168 Å². The third-order valence-corrected chi connectivity index (χ3v) is 17.5. The SMILES string of the molecule is c1ccc(-c2ccc(N(c3ccc4c(c3)c3cc(-c5ccc(N(c6ccccc6)c6cccc7c6oc6ccccc67)cc5)ccc3n4-c3ccc4c5ccccc5c5ccccc5c4c3)c3ccc(-c4ccccc4)c4ccccc34)cc2)cc1.